The number of aliphatic hydroxyl groups is 5. The molecule has 0 aliphatic carbocycles. The SMILES string of the molecule is CCC/C=C/CC/C=C/C(O)C(COC1OC(CO)C(O)C(O)C1O)NC(=O)CCCCCCCCCCCCCCCCCCCCCCCCCCCC. The van der Waals surface area contributed by atoms with Gasteiger partial charge in [0, 0.05) is 6.42 Å². The number of allylic oxidation sites excluding steroid dienone is 3. The highest BCUT2D eigenvalue weighted by atomic mass is 16.7. The summed E-state index contributed by atoms with van der Waals surface area (Å²) in [5.74, 6) is -0.188. The molecule has 0 bridgehead atoms. The van der Waals surface area contributed by atoms with Crippen molar-refractivity contribution in [3.8, 4) is 0 Å². The number of carbonyl (C=O) groups excluding carboxylic acids is 1. The number of hydrogen-bond acceptors (Lipinski definition) is 8. The first-order chi connectivity index (χ1) is 27.3. The highest BCUT2D eigenvalue weighted by Gasteiger charge is 2.44. The average molecular weight is 796 g/mol. The molecule has 1 rings (SSSR count). The van der Waals surface area contributed by atoms with Crippen LogP contribution in [0.2, 0.25) is 0 Å². The summed E-state index contributed by atoms with van der Waals surface area (Å²) in [4.78, 5) is 12.9. The molecule has 1 aliphatic heterocycles. The molecule has 330 valence electrons. The number of unbranched alkanes of at least 4 members (excludes halogenated alkanes) is 27. The molecular weight excluding hydrogens is 707 g/mol. The van der Waals surface area contributed by atoms with E-state index in [2.05, 4.69) is 31.3 Å². The van der Waals surface area contributed by atoms with Crippen molar-refractivity contribution in [2.75, 3.05) is 13.2 Å². The average Bonchev–Trinajstić information content (AvgIpc) is 3.20. The predicted molar refractivity (Wildman–Crippen MR) is 230 cm³/mol. The highest BCUT2D eigenvalue weighted by molar-refractivity contribution is 5.76. The summed E-state index contributed by atoms with van der Waals surface area (Å²) in [6, 6.07) is -0.814. The molecule has 7 atom stereocenters. The molecule has 0 aromatic carbocycles. The Balaban J connectivity index is 2.13. The van der Waals surface area contributed by atoms with E-state index in [0.717, 1.165) is 44.9 Å². The standard InChI is InChI=1S/C47H89NO8/c1-3-5-7-9-11-12-13-14-15-16-17-18-19-20-21-22-23-24-25-26-27-28-29-31-33-35-37-43(51)48-40(41(50)36-34-32-30-10-8-6-4-2)39-55-47-46(54)45(53)44(52)42(38-49)56-47/h8,10,34,36,40-42,44-47,49-50,52-54H,3-7,9,11-33,35,37-39H2,1-2H3,(H,48,51)/b10-8+,36-34+. The van der Waals surface area contributed by atoms with Crippen LogP contribution in [0.15, 0.2) is 24.3 Å². The molecule has 1 amide bonds. The van der Waals surface area contributed by atoms with Crippen LogP contribution < -0.4 is 5.32 Å². The third kappa shape index (κ3) is 28.2. The predicted octanol–water partition coefficient (Wildman–Crippen LogP) is 9.89. The van der Waals surface area contributed by atoms with E-state index in [4.69, 9.17) is 9.47 Å². The van der Waals surface area contributed by atoms with Crippen LogP contribution in [0.4, 0.5) is 0 Å². The summed E-state index contributed by atoms with van der Waals surface area (Å²) in [7, 11) is 0. The summed E-state index contributed by atoms with van der Waals surface area (Å²) in [6.07, 6.45) is 38.5. The zero-order chi connectivity index (χ0) is 40.9. The monoisotopic (exact) mass is 796 g/mol. The Morgan fingerprint density at radius 1 is 0.589 bits per heavy atom. The second-order valence-corrected chi connectivity index (χ2v) is 16.5. The van der Waals surface area contributed by atoms with Gasteiger partial charge in [0.1, 0.15) is 24.4 Å². The summed E-state index contributed by atoms with van der Waals surface area (Å²) in [5.41, 5.74) is 0. The molecule has 0 spiro atoms. The van der Waals surface area contributed by atoms with Crippen LogP contribution in [0.25, 0.3) is 0 Å². The minimum absolute atomic E-state index is 0.188. The number of carbonyl (C=O) groups is 1. The van der Waals surface area contributed by atoms with Gasteiger partial charge in [0.25, 0.3) is 0 Å². The van der Waals surface area contributed by atoms with Crippen LogP contribution in [0.3, 0.4) is 0 Å². The fourth-order valence-corrected chi connectivity index (χ4v) is 7.47. The van der Waals surface area contributed by atoms with E-state index in [1.54, 1.807) is 6.08 Å². The normalized spacial score (nSPS) is 21.3. The largest absolute Gasteiger partial charge is 0.394 e. The lowest BCUT2D eigenvalue weighted by Crippen LogP contribution is -2.60. The van der Waals surface area contributed by atoms with E-state index in [1.807, 2.05) is 6.08 Å². The highest BCUT2D eigenvalue weighted by Crippen LogP contribution is 2.23. The topological polar surface area (TPSA) is 149 Å². The van der Waals surface area contributed by atoms with Crippen molar-refractivity contribution < 1.29 is 39.8 Å². The molecule has 0 radical (unpaired) electrons. The van der Waals surface area contributed by atoms with E-state index >= 15 is 0 Å². The minimum atomic E-state index is -1.57. The number of rotatable bonds is 39. The molecule has 6 N–H and O–H groups in total. The first-order valence-corrected chi connectivity index (χ1v) is 23.6. The van der Waals surface area contributed by atoms with Crippen molar-refractivity contribution in [1.29, 1.82) is 0 Å². The fourth-order valence-electron chi connectivity index (χ4n) is 7.47. The summed E-state index contributed by atoms with van der Waals surface area (Å²) in [5, 5.41) is 53.8. The van der Waals surface area contributed by atoms with Crippen molar-refractivity contribution in [1.82, 2.24) is 5.32 Å². The van der Waals surface area contributed by atoms with Crippen LogP contribution in [0.5, 0.6) is 0 Å². The van der Waals surface area contributed by atoms with Crippen LogP contribution in [-0.4, -0.2) is 87.5 Å². The van der Waals surface area contributed by atoms with Gasteiger partial charge in [0.15, 0.2) is 6.29 Å². The summed E-state index contributed by atoms with van der Waals surface area (Å²) in [6.45, 7) is 3.65. The zero-order valence-electron chi connectivity index (χ0n) is 36.1. The summed E-state index contributed by atoms with van der Waals surface area (Å²) < 4.78 is 11.1. The Morgan fingerprint density at radius 2 is 1.02 bits per heavy atom. The maximum atomic E-state index is 12.9. The van der Waals surface area contributed by atoms with Crippen molar-refractivity contribution in [3.63, 3.8) is 0 Å². The Labute approximate surface area is 343 Å². The molecule has 9 nitrogen and oxygen atoms in total. The Kier molecular flexibility index (Phi) is 35.7. The second kappa shape index (κ2) is 37.9. The van der Waals surface area contributed by atoms with Gasteiger partial charge in [-0.15, -0.1) is 0 Å². The van der Waals surface area contributed by atoms with Gasteiger partial charge >= 0.3 is 0 Å². The van der Waals surface area contributed by atoms with Gasteiger partial charge in [-0.3, -0.25) is 4.79 Å². The maximum Gasteiger partial charge on any atom is 0.220 e. The van der Waals surface area contributed by atoms with Crippen LogP contribution in [0.1, 0.15) is 213 Å². The molecule has 1 fully saturated rings. The van der Waals surface area contributed by atoms with Gasteiger partial charge in [-0.05, 0) is 25.7 Å². The van der Waals surface area contributed by atoms with E-state index in [9.17, 15) is 30.3 Å². The molecule has 1 aliphatic rings. The molecular formula is C47H89NO8. The van der Waals surface area contributed by atoms with E-state index in [-0.39, 0.29) is 12.5 Å². The first kappa shape index (κ1) is 52.7. The molecule has 0 aromatic heterocycles. The number of ether oxygens (including phenoxy) is 2. The Morgan fingerprint density at radius 3 is 1.46 bits per heavy atom. The molecule has 7 unspecified atom stereocenters. The third-order valence-electron chi connectivity index (χ3n) is 11.3. The Hall–Kier alpha value is -1.33. The number of aliphatic hydroxyl groups excluding tert-OH is 5. The van der Waals surface area contributed by atoms with E-state index in [0.29, 0.717) is 6.42 Å². The molecule has 1 saturated heterocycles. The van der Waals surface area contributed by atoms with Crippen LogP contribution >= 0.6 is 0 Å². The van der Waals surface area contributed by atoms with Crippen molar-refractivity contribution >= 4 is 5.91 Å². The molecule has 1 heterocycles. The van der Waals surface area contributed by atoms with Crippen LogP contribution in [0, 0.1) is 0 Å². The van der Waals surface area contributed by atoms with Crippen molar-refractivity contribution in [3.05, 3.63) is 24.3 Å². The number of amides is 1. The van der Waals surface area contributed by atoms with Gasteiger partial charge in [0.2, 0.25) is 5.91 Å². The quantitative estimate of drug-likeness (QED) is 0.0266. The second-order valence-electron chi connectivity index (χ2n) is 16.5. The molecule has 0 aromatic rings. The van der Waals surface area contributed by atoms with Gasteiger partial charge in [-0.1, -0.05) is 205 Å². The fraction of sp³-hybridized carbons (Fsp3) is 0.894. The lowest BCUT2D eigenvalue weighted by Gasteiger charge is -2.40. The lowest BCUT2D eigenvalue weighted by atomic mass is 9.99. The third-order valence-corrected chi connectivity index (χ3v) is 11.3. The van der Waals surface area contributed by atoms with Crippen molar-refractivity contribution in [2.45, 2.75) is 256 Å². The molecule has 0 saturated carbocycles. The van der Waals surface area contributed by atoms with Gasteiger partial charge < -0.3 is 40.3 Å². The van der Waals surface area contributed by atoms with Gasteiger partial charge in [-0.2, -0.15) is 0 Å². The Bertz CT molecular complexity index is 930. The van der Waals surface area contributed by atoms with E-state index < -0.39 is 49.5 Å². The number of nitrogens with one attached hydrogen (secondary N) is 1. The first-order valence-electron chi connectivity index (χ1n) is 23.6. The maximum absolute atomic E-state index is 12.9. The molecule has 56 heavy (non-hydrogen) atoms. The van der Waals surface area contributed by atoms with Gasteiger partial charge in [-0.25, -0.2) is 0 Å². The smallest absolute Gasteiger partial charge is 0.220 e. The summed E-state index contributed by atoms with van der Waals surface area (Å²) >= 11 is 0. The zero-order valence-corrected chi connectivity index (χ0v) is 36.1. The van der Waals surface area contributed by atoms with Crippen LogP contribution in [-0.2, 0) is 14.3 Å². The number of hydrogen-bond donors (Lipinski definition) is 6. The molecule has 9 heteroatoms. The van der Waals surface area contributed by atoms with Crippen molar-refractivity contribution in [2.24, 2.45) is 0 Å². The van der Waals surface area contributed by atoms with E-state index in [1.165, 1.54) is 148 Å². The van der Waals surface area contributed by atoms with Gasteiger partial charge in [0.05, 0.1) is 25.4 Å². The lowest BCUT2D eigenvalue weighted by molar-refractivity contribution is -0.302. The minimum Gasteiger partial charge on any atom is -0.394 e.